The predicted molar refractivity (Wildman–Crippen MR) is 133 cm³/mol. The quantitative estimate of drug-likeness (QED) is 0.198. The summed E-state index contributed by atoms with van der Waals surface area (Å²) in [5.41, 5.74) is 4.21. The van der Waals surface area contributed by atoms with Crippen LogP contribution < -0.4 is 10.7 Å². The smallest absolute Gasteiger partial charge is 0.311 e. The Morgan fingerprint density at radius 3 is 2.66 bits per heavy atom. The summed E-state index contributed by atoms with van der Waals surface area (Å²) in [5.74, 6) is -0.198. The minimum absolute atomic E-state index is 0.122. The fourth-order valence-electron chi connectivity index (χ4n) is 3.94. The van der Waals surface area contributed by atoms with Crippen LogP contribution >= 0.6 is 0 Å². The van der Waals surface area contributed by atoms with Crippen molar-refractivity contribution in [2.24, 2.45) is 4.99 Å². The second-order valence-corrected chi connectivity index (χ2v) is 7.91. The summed E-state index contributed by atoms with van der Waals surface area (Å²) in [7, 11) is 0. The molecule has 0 bridgehead atoms. The molecule has 1 aliphatic heterocycles. The molecule has 2 heterocycles. The van der Waals surface area contributed by atoms with Crippen molar-refractivity contribution in [2.75, 3.05) is 11.9 Å². The van der Waals surface area contributed by atoms with Gasteiger partial charge in [0, 0.05) is 24.5 Å². The van der Waals surface area contributed by atoms with E-state index in [1.807, 2.05) is 47.9 Å². The van der Waals surface area contributed by atoms with E-state index in [1.165, 1.54) is 30.5 Å². The third-order valence-corrected chi connectivity index (χ3v) is 5.52. The van der Waals surface area contributed by atoms with Gasteiger partial charge in [-0.05, 0) is 61.0 Å². The van der Waals surface area contributed by atoms with Crippen LogP contribution in [0.4, 0.5) is 21.6 Å². The number of rotatable bonds is 6. The highest BCUT2D eigenvalue weighted by molar-refractivity contribution is 5.84. The Hall–Kier alpha value is -4.66. The molecule has 0 fully saturated rings. The van der Waals surface area contributed by atoms with Gasteiger partial charge in [-0.3, -0.25) is 15.1 Å². The monoisotopic (exact) mass is 468 g/mol. The first-order chi connectivity index (χ1) is 17.0. The average molecular weight is 468 g/mol. The van der Waals surface area contributed by atoms with E-state index in [2.05, 4.69) is 10.3 Å². The maximum absolute atomic E-state index is 13.7. The van der Waals surface area contributed by atoms with Crippen LogP contribution in [0.25, 0.3) is 28.1 Å². The van der Waals surface area contributed by atoms with Gasteiger partial charge in [-0.1, -0.05) is 19.1 Å². The second-order valence-electron chi connectivity index (χ2n) is 7.91. The van der Waals surface area contributed by atoms with Crippen molar-refractivity contribution in [3.63, 3.8) is 0 Å². The van der Waals surface area contributed by atoms with Gasteiger partial charge in [-0.2, -0.15) is 0 Å². The third-order valence-electron chi connectivity index (χ3n) is 5.52. The summed E-state index contributed by atoms with van der Waals surface area (Å²) in [5, 5.41) is 15.2. The highest BCUT2D eigenvalue weighted by Crippen LogP contribution is 2.31. The summed E-state index contributed by atoms with van der Waals surface area (Å²) in [4.78, 5) is 24.7. The molecule has 0 atom stereocenters. The zero-order valence-electron chi connectivity index (χ0n) is 18.9. The molecule has 1 N–H and O–H groups in total. The largest absolute Gasteiger partial charge is 0.333 e. The van der Waals surface area contributed by atoms with Crippen molar-refractivity contribution >= 4 is 28.2 Å². The van der Waals surface area contributed by atoms with E-state index >= 15 is 0 Å². The molecule has 2 aliphatic rings. The Morgan fingerprint density at radius 2 is 1.89 bits per heavy atom. The maximum atomic E-state index is 13.7. The Kier molecular flexibility index (Phi) is 5.88. The lowest BCUT2D eigenvalue weighted by Gasteiger charge is -2.20. The zero-order valence-corrected chi connectivity index (χ0v) is 18.9. The van der Waals surface area contributed by atoms with E-state index < -0.39 is 4.92 Å². The topological polar surface area (TPSA) is 98.2 Å². The standard InChI is InChI=1S/C26H21FN6O2/c1-2-13-28-20-16-25-22(15-21(20)31-26-24(33(34)35)8-5-14-29-26)30-19-6-3-4-7-23(19)32(25)18-11-9-17(27)10-12-18/h3-12,14-16H,2,13H2,1H3,(H,29,31). The number of hydrogen-bond acceptors (Lipinski definition) is 6. The number of benzene rings is 3. The molecule has 1 aromatic heterocycles. The highest BCUT2D eigenvalue weighted by Gasteiger charge is 2.19. The van der Waals surface area contributed by atoms with Crippen molar-refractivity contribution in [1.82, 2.24) is 14.5 Å². The lowest BCUT2D eigenvalue weighted by Crippen LogP contribution is -2.16. The summed E-state index contributed by atoms with van der Waals surface area (Å²) < 4.78 is 15.7. The van der Waals surface area contributed by atoms with Gasteiger partial charge in [0.05, 0.1) is 38.4 Å². The van der Waals surface area contributed by atoms with E-state index in [9.17, 15) is 14.5 Å². The lowest BCUT2D eigenvalue weighted by atomic mass is 10.1. The molecule has 0 spiro atoms. The molecule has 1 aliphatic carbocycles. The average Bonchev–Trinajstić information content (AvgIpc) is 2.87. The van der Waals surface area contributed by atoms with Crippen molar-refractivity contribution in [2.45, 2.75) is 13.3 Å². The molecule has 35 heavy (non-hydrogen) atoms. The molecule has 2 aromatic carbocycles. The van der Waals surface area contributed by atoms with Crippen LogP contribution in [-0.4, -0.2) is 26.0 Å². The van der Waals surface area contributed by atoms with Gasteiger partial charge >= 0.3 is 5.69 Å². The SMILES string of the molecule is CCCN=c1cc2n(-c3ccc(F)cc3)c3ccccc3nc-2cc1Nc1ncccc1[N+](=O)[O-]. The van der Waals surface area contributed by atoms with E-state index in [4.69, 9.17) is 9.98 Å². The summed E-state index contributed by atoms with van der Waals surface area (Å²) >= 11 is 0. The third kappa shape index (κ3) is 4.31. The molecule has 0 unspecified atom stereocenters. The van der Waals surface area contributed by atoms with Crippen LogP contribution in [0, 0.1) is 15.9 Å². The molecule has 0 amide bonds. The maximum Gasteiger partial charge on any atom is 0.311 e. The first-order valence-electron chi connectivity index (χ1n) is 11.1. The Labute approximate surface area is 199 Å². The van der Waals surface area contributed by atoms with Gasteiger partial charge in [0.25, 0.3) is 0 Å². The van der Waals surface area contributed by atoms with Crippen LogP contribution in [0.5, 0.6) is 0 Å². The predicted octanol–water partition coefficient (Wildman–Crippen LogP) is 5.63. The van der Waals surface area contributed by atoms with E-state index in [1.54, 1.807) is 12.1 Å². The summed E-state index contributed by atoms with van der Waals surface area (Å²) in [6, 6.07) is 20.6. The van der Waals surface area contributed by atoms with Crippen LogP contribution in [0.1, 0.15) is 13.3 Å². The van der Waals surface area contributed by atoms with Gasteiger partial charge in [0.15, 0.2) is 0 Å². The molecular weight excluding hydrogens is 447 g/mol. The summed E-state index contributed by atoms with van der Waals surface area (Å²) in [6.45, 7) is 2.59. The van der Waals surface area contributed by atoms with Gasteiger partial charge in [0.1, 0.15) is 5.82 Å². The number of halogens is 1. The van der Waals surface area contributed by atoms with Crippen LogP contribution in [0.2, 0.25) is 0 Å². The Morgan fingerprint density at radius 1 is 1.09 bits per heavy atom. The molecule has 0 saturated carbocycles. The van der Waals surface area contributed by atoms with E-state index in [-0.39, 0.29) is 17.3 Å². The fourth-order valence-corrected chi connectivity index (χ4v) is 3.94. The van der Waals surface area contributed by atoms with Crippen molar-refractivity contribution < 1.29 is 9.31 Å². The second kappa shape index (κ2) is 9.30. The van der Waals surface area contributed by atoms with Gasteiger partial charge in [-0.15, -0.1) is 0 Å². The number of pyridine rings is 1. The van der Waals surface area contributed by atoms with Gasteiger partial charge < -0.3 is 9.88 Å². The highest BCUT2D eigenvalue weighted by atomic mass is 19.1. The number of anilines is 2. The molecule has 9 heteroatoms. The Bertz CT molecular complexity index is 1580. The number of para-hydroxylation sites is 2. The number of nitrogens with zero attached hydrogens (tertiary/aromatic N) is 5. The number of nitro groups is 1. The summed E-state index contributed by atoms with van der Waals surface area (Å²) in [6.07, 6.45) is 2.32. The van der Waals surface area contributed by atoms with Crippen molar-refractivity contribution in [3.8, 4) is 17.1 Å². The first kappa shape index (κ1) is 22.1. The van der Waals surface area contributed by atoms with Gasteiger partial charge in [0.2, 0.25) is 5.82 Å². The van der Waals surface area contributed by atoms with Crippen molar-refractivity contribution in [1.29, 1.82) is 0 Å². The first-order valence-corrected chi connectivity index (χ1v) is 11.1. The number of nitrogens with one attached hydrogen (secondary N) is 1. The molecule has 174 valence electrons. The van der Waals surface area contributed by atoms with E-state index in [0.29, 0.717) is 23.3 Å². The normalized spacial score (nSPS) is 11.8. The fraction of sp³-hybridized carbons (Fsp3) is 0.115. The molecule has 0 saturated heterocycles. The van der Waals surface area contributed by atoms with E-state index in [0.717, 1.165) is 28.8 Å². The zero-order chi connectivity index (χ0) is 24.4. The lowest BCUT2D eigenvalue weighted by molar-refractivity contribution is -0.384. The Balaban J connectivity index is 1.79. The molecule has 8 nitrogen and oxygen atoms in total. The molecule has 5 rings (SSSR count). The van der Waals surface area contributed by atoms with Crippen LogP contribution in [-0.2, 0) is 0 Å². The molecule has 3 aromatic rings. The van der Waals surface area contributed by atoms with Crippen LogP contribution in [0.15, 0.2) is 84.0 Å². The number of hydrogen-bond donors (Lipinski definition) is 1. The van der Waals surface area contributed by atoms with Crippen LogP contribution in [0.3, 0.4) is 0 Å². The minimum atomic E-state index is -0.479. The number of aromatic nitrogens is 3. The van der Waals surface area contributed by atoms with Gasteiger partial charge in [-0.25, -0.2) is 14.4 Å². The minimum Gasteiger partial charge on any atom is -0.333 e. The molecular formula is C26H21FN6O2. The number of fused-ring (bicyclic) bond motifs is 2. The molecule has 0 radical (unpaired) electrons. The van der Waals surface area contributed by atoms with Crippen molar-refractivity contribution in [3.05, 3.63) is 100 Å².